The van der Waals surface area contributed by atoms with Gasteiger partial charge in [-0.2, -0.15) is 0 Å². The summed E-state index contributed by atoms with van der Waals surface area (Å²) in [6.07, 6.45) is 0.871. The van der Waals surface area contributed by atoms with Crippen molar-refractivity contribution in [1.29, 1.82) is 0 Å². The molecule has 0 atom stereocenters. The van der Waals surface area contributed by atoms with E-state index in [0.29, 0.717) is 0 Å². The molecule has 0 bridgehead atoms. The number of furan rings is 1. The van der Waals surface area contributed by atoms with E-state index in [1.54, 1.807) is 0 Å². The molecule has 0 N–H and O–H groups in total. The SMILES string of the molecule is c1ccc2c(c1)-c1ccccc1C21c2ccccc2-c2c(Cc3ccc(-c4cccc5oc6ccccc6c45)cc3)cccc21. The Morgan fingerprint density at radius 3 is 1.73 bits per heavy atom. The summed E-state index contributed by atoms with van der Waals surface area (Å²) in [6, 6.07) is 57.9. The minimum atomic E-state index is -0.301. The van der Waals surface area contributed by atoms with Crippen molar-refractivity contribution in [2.24, 2.45) is 0 Å². The fourth-order valence-electron chi connectivity index (χ4n) is 8.40. The maximum atomic E-state index is 6.17. The summed E-state index contributed by atoms with van der Waals surface area (Å²) in [5.41, 5.74) is 17.6. The molecule has 2 aliphatic carbocycles. The average molecular weight is 573 g/mol. The smallest absolute Gasteiger partial charge is 0.136 e. The molecule has 0 radical (unpaired) electrons. The van der Waals surface area contributed by atoms with Crippen LogP contribution in [0.25, 0.3) is 55.3 Å². The average Bonchev–Trinajstić information content (AvgIpc) is 3.73. The van der Waals surface area contributed by atoms with Gasteiger partial charge in [-0.25, -0.2) is 0 Å². The highest BCUT2D eigenvalue weighted by Gasteiger charge is 2.51. The lowest BCUT2D eigenvalue weighted by Gasteiger charge is -2.30. The number of benzene rings is 7. The molecule has 1 heterocycles. The largest absolute Gasteiger partial charge is 0.456 e. The number of fused-ring (bicyclic) bond motifs is 13. The first kappa shape index (κ1) is 24.7. The van der Waals surface area contributed by atoms with Gasteiger partial charge in [-0.15, -0.1) is 0 Å². The number of hydrogen-bond acceptors (Lipinski definition) is 1. The van der Waals surface area contributed by atoms with Gasteiger partial charge in [0.25, 0.3) is 0 Å². The number of hydrogen-bond donors (Lipinski definition) is 0. The normalized spacial score (nSPS) is 13.6. The highest BCUT2D eigenvalue weighted by atomic mass is 16.3. The van der Waals surface area contributed by atoms with E-state index in [0.717, 1.165) is 23.0 Å². The van der Waals surface area contributed by atoms with Crippen LogP contribution in [0.2, 0.25) is 0 Å². The van der Waals surface area contributed by atoms with Crippen LogP contribution in [0.5, 0.6) is 0 Å². The van der Waals surface area contributed by atoms with E-state index in [-0.39, 0.29) is 5.41 Å². The molecule has 0 saturated carbocycles. The van der Waals surface area contributed by atoms with E-state index < -0.39 is 0 Å². The van der Waals surface area contributed by atoms with E-state index in [4.69, 9.17) is 4.42 Å². The third kappa shape index (κ3) is 3.27. The van der Waals surface area contributed by atoms with Gasteiger partial charge in [-0.05, 0) is 85.3 Å². The zero-order chi connectivity index (χ0) is 29.5. The number of rotatable bonds is 3. The Bertz CT molecular complexity index is 2410. The van der Waals surface area contributed by atoms with E-state index in [1.807, 2.05) is 12.1 Å². The van der Waals surface area contributed by atoms with Crippen LogP contribution in [0.1, 0.15) is 33.4 Å². The molecule has 10 rings (SSSR count). The molecule has 1 heteroatoms. The summed E-state index contributed by atoms with van der Waals surface area (Å²) < 4.78 is 6.17. The predicted octanol–water partition coefficient (Wildman–Crippen LogP) is 11.2. The quantitative estimate of drug-likeness (QED) is 0.205. The van der Waals surface area contributed by atoms with Gasteiger partial charge in [0.15, 0.2) is 0 Å². The first-order chi connectivity index (χ1) is 22.3. The van der Waals surface area contributed by atoms with Crippen molar-refractivity contribution in [2.45, 2.75) is 11.8 Å². The Morgan fingerprint density at radius 2 is 0.978 bits per heavy atom. The summed E-state index contributed by atoms with van der Waals surface area (Å²) in [6.45, 7) is 0. The lowest BCUT2D eigenvalue weighted by Crippen LogP contribution is -2.25. The molecule has 1 nitrogen and oxygen atoms in total. The van der Waals surface area contributed by atoms with Crippen molar-refractivity contribution in [2.75, 3.05) is 0 Å². The van der Waals surface area contributed by atoms with Crippen LogP contribution in [0.15, 0.2) is 162 Å². The Kier molecular flexibility index (Phi) is 5.04. The molecule has 8 aromatic rings. The highest BCUT2D eigenvalue weighted by Crippen LogP contribution is 2.63. The van der Waals surface area contributed by atoms with Crippen molar-refractivity contribution in [3.63, 3.8) is 0 Å². The lowest BCUT2D eigenvalue weighted by atomic mass is 9.70. The standard InChI is InChI=1S/C44H28O/c1-5-17-36-32(12-1)33-13-2-6-18-37(33)44(36)38-19-7-3-14-34(38)42-30(11-9-20-39(42)44)27-28-23-25-29(26-24-28)31-16-10-22-41-43(31)35-15-4-8-21-40(35)45-41/h1-26H,27H2. The van der Waals surface area contributed by atoms with Crippen LogP contribution >= 0.6 is 0 Å². The molecule has 1 spiro atoms. The third-order valence-corrected chi connectivity index (χ3v) is 10.2. The summed E-state index contributed by atoms with van der Waals surface area (Å²) in [4.78, 5) is 0. The van der Waals surface area contributed by atoms with Crippen molar-refractivity contribution in [1.82, 2.24) is 0 Å². The van der Waals surface area contributed by atoms with Crippen LogP contribution in [-0.4, -0.2) is 0 Å². The number of para-hydroxylation sites is 1. The molecular weight excluding hydrogens is 544 g/mol. The fraction of sp³-hybridized carbons (Fsp3) is 0.0455. The van der Waals surface area contributed by atoms with Gasteiger partial charge >= 0.3 is 0 Å². The van der Waals surface area contributed by atoms with Crippen LogP contribution in [0.3, 0.4) is 0 Å². The Balaban J connectivity index is 1.11. The van der Waals surface area contributed by atoms with Crippen LogP contribution in [-0.2, 0) is 11.8 Å². The molecule has 0 saturated heterocycles. The molecule has 0 aliphatic heterocycles. The molecule has 7 aromatic carbocycles. The summed E-state index contributed by atoms with van der Waals surface area (Å²) >= 11 is 0. The molecule has 210 valence electrons. The minimum Gasteiger partial charge on any atom is -0.456 e. The highest BCUT2D eigenvalue weighted by molar-refractivity contribution is 6.12. The summed E-state index contributed by atoms with van der Waals surface area (Å²) in [7, 11) is 0. The van der Waals surface area contributed by atoms with Gasteiger partial charge in [-0.1, -0.05) is 146 Å². The summed E-state index contributed by atoms with van der Waals surface area (Å²) in [5, 5.41) is 2.34. The summed E-state index contributed by atoms with van der Waals surface area (Å²) in [5.74, 6) is 0. The van der Waals surface area contributed by atoms with Crippen molar-refractivity contribution >= 4 is 21.9 Å². The van der Waals surface area contributed by atoms with Crippen LogP contribution < -0.4 is 0 Å². The van der Waals surface area contributed by atoms with Crippen molar-refractivity contribution in [3.05, 3.63) is 191 Å². The monoisotopic (exact) mass is 572 g/mol. The maximum absolute atomic E-state index is 6.17. The van der Waals surface area contributed by atoms with Crippen molar-refractivity contribution in [3.8, 4) is 33.4 Å². The molecule has 0 amide bonds. The van der Waals surface area contributed by atoms with E-state index in [2.05, 4.69) is 146 Å². The lowest BCUT2D eigenvalue weighted by molar-refractivity contribution is 0.669. The Morgan fingerprint density at radius 1 is 0.422 bits per heavy atom. The van der Waals surface area contributed by atoms with Gasteiger partial charge in [0.1, 0.15) is 11.2 Å². The van der Waals surface area contributed by atoms with E-state index in [9.17, 15) is 0 Å². The topological polar surface area (TPSA) is 13.1 Å². The molecule has 0 unspecified atom stereocenters. The Labute approximate surface area is 262 Å². The zero-order valence-electron chi connectivity index (χ0n) is 24.6. The molecule has 0 fully saturated rings. The first-order valence-corrected chi connectivity index (χ1v) is 15.7. The molecular formula is C44H28O. The van der Waals surface area contributed by atoms with Crippen molar-refractivity contribution < 1.29 is 4.42 Å². The third-order valence-electron chi connectivity index (χ3n) is 10.2. The zero-order valence-corrected chi connectivity index (χ0v) is 24.6. The minimum absolute atomic E-state index is 0.301. The first-order valence-electron chi connectivity index (χ1n) is 15.7. The van der Waals surface area contributed by atoms with Gasteiger partial charge in [0.05, 0.1) is 5.41 Å². The second-order valence-electron chi connectivity index (χ2n) is 12.4. The van der Waals surface area contributed by atoms with Gasteiger partial charge in [0.2, 0.25) is 0 Å². The molecule has 45 heavy (non-hydrogen) atoms. The van der Waals surface area contributed by atoms with Crippen LogP contribution in [0.4, 0.5) is 0 Å². The van der Waals surface area contributed by atoms with E-state index in [1.165, 1.54) is 72.1 Å². The van der Waals surface area contributed by atoms with Gasteiger partial charge < -0.3 is 4.42 Å². The Hall–Kier alpha value is -5.66. The maximum Gasteiger partial charge on any atom is 0.136 e. The molecule has 1 aromatic heterocycles. The van der Waals surface area contributed by atoms with Crippen LogP contribution in [0, 0.1) is 0 Å². The predicted molar refractivity (Wildman–Crippen MR) is 185 cm³/mol. The second-order valence-corrected chi connectivity index (χ2v) is 12.4. The van der Waals surface area contributed by atoms with Gasteiger partial charge in [-0.3, -0.25) is 0 Å². The molecule has 2 aliphatic rings. The fourth-order valence-corrected chi connectivity index (χ4v) is 8.40. The van der Waals surface area contributed by atoms with E-state index >= 15 is 0 Å². The van der Waals surface area contributed by atoms with Gasteiger partial charge in [0, 0.05) is 10.8 Å². The second kappa shape index (κ2) is 9.17.